The van der Waals surface area contributed by atoms with E-state index in [2.05, 4.69) is 5.32 Å². The predicted octanol–water partition coefficient (Wildman–Crippen LogP) is 2.29. The lowest BCUT2D eigenvalue weighted by molar-refractivity contribution is -0.131. The van der Waals surface area contributed by atoms with Gasteiger partial charge < -0.3 is 10.2 Å². The van der Waals surface area contributed by atoms with E-state index in [1.165, 1.54) is 17.7 Å². The summed E-state index contributed by atoms with van der Waals surface area (Å²) >= 11 is 0. The molecule has 6 nitrogen and oxygen atoms in total. The van der Waals surface area contributed by atoms with Gasteiger partial charge in [0, 0.05) is 19.5 Å². The largest absolute Gasteiger partial charge is 0.343 e. The normalized spacial score (nSPS) is 21.2. The molecule has 25 heavy (non-hydrogen) atoms. The SMILES string of the molecule is O=C(CC[C@H]1NC(=O)N(Cc2ccccc2)C1=O)N1CCCCCC1. The number of rotatable bonds is 5. The summed E-state index contributed by atoms with van der Waals surface area (Å²) in [6, 6.07) is 8.46. The van der Waals surface area contributed by atoms with Crippen LogP contribution in [-0.2, 0) is 16.1 Å². The number of hydrogen-bond acceptors (Lipinski definition) is 3. The highest BCUT2D eigenvalue weighted by Gasteiger charge is 2.38. The molecule has 2 aliphatic rings. The van der Waals surface area contributed by atoms with Crippen LogP contribution in [-0.4, -0.2) is 46.8 Å². The zero-order valence-electron chi connectivity index (χ0n) is 14.4. The Labute approximate surface area is 148 Å². The first-order valence-electron chi connectivity index (χ1n) is 9.09. The van der Waals surface area contributed by atoms with Crippen LogP contribution in [0.1, 0.15) is 44.1 Å². The maximum Gasteiger partial charge on any atom is 0.325 e. The Bertz CT molecular complexity index is 624. The van der Waals surface area contributed by atoms with E-state index in [4.69, 9.17) is 0 Å². The molecular weight excluding hydrogens is 318 g/mol. The van der Waals surface area contributed by atoms with Crippen molar-refractivity contribution in [1.82, 2.24) is 15.1 Å². The minimum absolute atomic E-state index is 0.0884. The van der Waals surface area contributed by atoms with Crippen molar-refractivity contribution in [3.05, 3.63) is 35.9 Å². The third-order valence-corrected chi connectivity index (χ3v) is 4.90. The van der Waals surface area contributed by atoms with Gasteiger partial charge in [-0.3, -0.25) is 14.5 Å². The molecule has 3 rings (SSSR count). The van der Waals surface area contributed by atoms with E-state index in [1.807, 2.05) is 35.2 Å². The quantitative estimate of drug-likeness (QED) is 0.834. The maximum absolute atomic E-state index is 12.5. The van der Waals surface area contributed by atoms with Crippen molar-refractivity contribution in [3.8, 4) is 0 Å². The van der Waals surface area contributed by atoms with Gasteiger partial charge in [0.05, 0.1) is 6.54 Å². The summed E-state index contributed by atoms with van der Waals surface area (Å²) in [7, 11) is 0. The number of urea groups is 1. The van der Waals surface area contributed by atoms with Gasteiger partial charge in [-0.25, -0.2) is 4.79 Å². The summed E-state index contributed by atoms with van der Waals surface area (Å²) in [4.78, 5) is 40.1. The van der Waals surface area contributed by atoms with E-state index >= 15 is 0 Å². The van der Waals surface area contributed by atoms with Gasteiger partial charge >= 0.3 is 6.03 Å². The summed E-state index contributed by atoms with van der Waals surface area (Å²) < 4.78 is 0. The fourth-order valence-electron chi connectivity index (χ4n) is 3.43. The minimum atomic E-state index is -0.591. The minimum Gasteiger partial charge on any atom is -0.343 e. The predicted molar refractivity (Wildman–Crippen MR) is 93.6 cm³/mol. The molecule has 4 amide bonds. The second kappa shape index (κ2) is 8.14. The summed E-state index contributed by atoms with van der Waals surface area (Å²) in [6.45, 7) is 1.88. The van der Waals surface area contributed by atoms with Crippen LogP contribution >= 0.6 is 0 Å². The van der Waals surface area contributed by atoms with Crippen LogP contribution in [0.2, 0.25) is 0 Å². The smallest absolute Gasteiger partial charge is 0.325 e. The molecule has 1 aromatic carbocycles. The van der Waals surface area contributed by atoms with Crippen LogP contribution < -0.4 is 5.32 Å². The first kappa shape index (κ1) is 17.5. The van der Waals surface area contributed by atoms with Crippen molar-refractivity contribution in [2.45, 2.75) is 51.1 Å². The molecule has 2 heterocycles. The van der Waals surface area contributed by atoms with Crippen molar-refractivity contribution in [1.29, 1.82) is 0 Å². The molecule has 2 fully saturated rings. The number of carbonyl (C=O) groups excluding carboxylic acids is 3. The molecule has 0 unspecified atom stereocenters. The van der Waals surface area contributed by atoms with Gasteiger partial charge in [0.2, 0.25) is 5.91 Å². The molecule has 0 spiro atoms. The molecule has 0 bridgehead atoms. The number of hydrogen-bond donors (Lipinski definition) is 1. The number of likely N-dealkylation sites (tertiary alicyclic amines) is 1. The molecule has 6 heteroatoms. The Kier molecular flexibility index (Phi) is 5.68. The van der Waals surface area contributed by atoms with Crippen LogP contribution in [0.5, 0.6) is 0 Å². The van der Waals surface area contributed by atoms with E-state index < -0.39 is 6.04 Å². The van der Waals surface area contributed by atoms with Gasteiger partial charge in [-0.05, 0) is 24.8 Å². The fraction of sp³-hybridized carbons (Fsp3) is 0.526. The van der Waals surface area contributed by atoms with E-state index in [-0.39, 0.29) is 24.4 Å². The number of nitrogens with zero attached hydrogens (tertiary/aromatic N) is 2. The molecule has 2 aliphatic heterocycles. The lowest BCUT2D eigenvalue weighted by atomic mass is 10.1. The third kappa shape index (κ3) is 4.38. The maximum atomic E-state index is 12.5. The average molecular weight is 343 g/mol. The molecule has 1 atom stereocenters. The summed E-state index contributed by atoms with van der Waals surface area (Å²) in [5.41, 5.74) is 0.910. The fourth-order valence-corrected chi connectivity index (χ4v) is 3.43. The lowest BCUT2D eigenvalue weighted by Gasteiger charge is -2.20. The van der Waals surface area contributed by atoms with Gasteiger partial charge in [-0.15, -0.1) is 0 Å². The Balaban J connectivity index is 1.52. The van der Waals surface area contributed by atoms with E-state index in [0.29, 0.717) is 12.8 Å². The summed E-state index contributed by atoms with van der Waals surface area (Å²) in [6.07, 6.45) is 5.12. The van der Waals surface area contributed by atoms with Crippen molar-refractivity contribution in [2.75, 3.05) is 13.1 Å². The number of benzene rings is 1. The van der Waals surface area contributed by atoms with Gasteiger partial charge in [0.15, 0.2) is 0 Å². The van der Waals surface area contributed by atoms with Crippen molar-refractivity contribution in [3.63, 3.8) is 0 Å². The van der Waals surface area contributed by atoms with Crippen molar-refractivity contribution < 1.29 is 14.4 Å². The number of nitrogens with one attached hydrogen (secondary N) is 1. The molecule has 1 N–H and O–H groups in total. The van der Waals surface area contributed by atoms with Crippen molar-refractivity contribution in [2.24, 2.45) is 0 Å². The van der Waals surface area contributed by atoms with Crippen LogP contribution in [0.15, 0.2) is 30.3 Å². The van der Waals surface area contributed by atoms with Crippen LogP contribution in [0, 0.1) is 0 Å². The first-order chi connectivity index (χ1) is 12.1. The summed E-state index contributed by atoms with van der Waals surface area (Å²) in [5, 5.41) is 2.71. The Morgan fingerprint density at radius 1 is 1.04 bits per heavy atom. The second-order valence-electron chi connectivity index (χ2n) is 6.75. The van der Waals surface area contributed by atoms with Gasteiger partial charge in [-0.1, -0.05) is 43.2 Å². The molecule has 134 valence electrons. The monoisotopic (exact) mass is 343 g/mol. The number of amides is 4. The zero-order valence-corrected chi connectivity index (χ0v) is 14.4. The van der Waals surface area contributed by atoms with Crippen molar-refractivity contribution >= 4 is 17.8 Å². The van der Waals surface area contributed by atoms with Gasteiger partial charge in [0.25, 0.3) is 5.91 Å². The standard InChI is InChI=1S/C19H25N3O3/c23-17(21-12-6-1-2-7-13-21)11-10-16-18(24)22(19(25)20-16)14-15-8-4-3-5-9-15/h3-5,8-9,16H,1-2,6-7,10-14H2,(H,20,25)/t16-/m1/s1. The third-order valence-electron chi connectivity index (χ3n) is 4.90. The topological polar surface area (TPSA) is 69.7 Å². The number of carbonyl (C=O) groups is 3. The van der Waals surface area contributed by atoms with E-state index in [1.54, 1.807) is 0 Å². The highest BCUT2D eigenvalue weighted by Crippen LogP contribution is 2.17. The highest BCUT2D eigenvalue weighted by molar-refractivity contribution is 6.04. The molecule has 1 aromatic rings. The molecule has 0 aromatic heterocycles. The highest BCUT2D eigenvalue weighted by atomic mass is 16.2. The van der Waals surface area contributed by atoms with Crippen LogP contribution in [0.25, 0.3) is 0 Å². The Morgan fingerprint density at radius 3 is 2.40 bits per heavy atom. The van der Waals surface area contributed by atoms with Crippen LogP contribution in [0.4, 0.5) is 4.79 Å². The van der Waals surface area contributed by atoms with E-state index in [0.717, 1.165) is 31.5 Å². The lowest BCUT2D eigenvalue weighted by Crippen LogP contribution is -2.35. The van der Waals surface area contributed by atoms with Gasteiger partial charge in [0.1, 0.15) is 6.04 Å². The molecule has 0 saturated carbocycles. The summed E-state index contributed by atoms with van der Waals surface area (Å²) in [5.74, 6) is -0.150. The Hall–Kier alpha value is -2.37. The van der Waals surface area contributed by atoms with Gasteiger partial charge in [-0.2, -0.15) is 0 Å². The number of imide groups is 1. The van der Waals surface area contributed by atoms with Crippen LogP contribution in [0.3, 0.4) is 0 Å². The average Bonchev–Trinajstić information content (AvgIpc) is 2.83. The Morgan fingerprint density at radius 2 is 1.72 bits per heavy atom. The second-order valence-corrected chi connectivity index (χ2v) is 6.75. The molecule has 0 radical (unpaired) electrons. The first-order valence-corrected chi connectivity index (χ1v) is 9.09. The molecule has 2 saturated heterocycles. The molecular formula is C19H25N3O3. The van der Waals surface area contributed by atoms with E-state index in [9.17, 15) is 14.4 Å². The molecule has 0 aliphatic carbocycles. The zero-order chi connectivity index (χ0) is 17.6.